The predicted octanol–water partition coefficient (Wildman–Crippen LogP) is 1.45. The van der Waals surface area contributed by atoms with Crippen molar-refractivity contribution in [3.63, 3.8) is 0 Å². The summed E-state index contributed by atoms with van der Waals surface area (Å²) >= 11 is 5.83. The van der Waals surface area contributed by atoms with Crippen LogP contribution in [-0.4, -0.2) is 23.2 Å². The second-order valence-electron chi connectivity index (χ2n) is 2.43. The normalized spacial score (nSPS) is 9.92. The van der Waals surface area contributed by atoms with Crippen LogP contribution in [0, 0.1) is 6.92 Å². The smallest absolute Gasteiger partial charge is 0.145 e. The van der Waals surface area contributed by atoms with Gasteiger partial charge in [0.1, 0.15) is 5.82 Å². The van der Waals surface area contributed by atoms with Gasteiger partial charge in [-0.1, -0.05) is 11.6 Å². The van der Waals surface area contributed by atoms with E-state index in [2.05, 4.69) is 10.3 Å². The summed E-state index contributed by atoms with van der Waals surface area (Å²) in [5.74, 6) is 0.630. The van der Waals surface area contributed by atoms with E-state index in [1.807, 2.05) is 13.0 Å². The zero-order valence-electron chi connectivity index (χ0n) is 6.84. The maximum atomic E-state index is 8.55. The van der Waals surface area contributed by atoms with Crippen molar-refractivity contribution in [1.29, 1.82) is 0 Å². The summed E-state index contributed by atoms with van der Waals surface area (Å²) in [6.07, 6.45) is 0. The van der Waals surface area contributed by atoms with Crippen molar-refractivity contribution in [2.75, 3.05) is 18.5 Å². The number of aliphatic hydroxyl groups is 1. The van der Waals surface area contributed by atoms with Gasteiger partial charge in [0.25, 0.3) is 0 Å². The van der Waals surface area contributed by atoms with E-state index >= 15 is 0 Å². The standard InChI is InChI=1S/C8H11ClN2O/c1-6-2-3-7(9)8(11-6)10-4-5-12/h2-3,12H,4-5H2,1H3,(H,10,11). The molecule has 0 spiro atoms. The second kappa shape index (κ2) is 4.28. The van der Waals surface area contributed by atoms with Gasteiger partial charge in [0.2, 0.25) is 0 Å². The Balaban J connectivity index is 2.75. The summed E-state index contributed by atoms with van der Waals surface area (Å²) in [5, 5.41) is 12.0. The molecule has 2 N–H and O–H groups in total. The Labute approximate surface area is 76.4 Å². The number of aromatic nitrogens is 1. The SMILES string of the molecule is Cc1ccc(Cl)c(NCCO)n1. The average molecular weight is 187 g/mol. The van der Waals surface area contributed by atoms with Crippen molar-refractivity contribution in [2.24, 2.45) is 0 Å². The lowest BCUT2D eigenvalue weighted by Gasteiger charge is -2.05. The Hall–Kier alpha value is -0.800. The van der Waals surface area contributed by atoms with Crippen LogP contribution in [-0.2, 0) is 0 Å². The summed E-state index contributed by atoms with van der Waals surface area (Å²) in [7, 11) is 0. The first-order valence-electron chi connectivity index (χ1n) is 3.72. The first-order chi connectivity index (χ1) is 5.74. The summed E-state index contributed by atoms with van der Waals surface area (Å²) in [5.41, 5.74) is 0.903. The number of aryl methyl sites for hydroxylation is 1. The molecule has 0 atom stereocenters. The largest absolute Gasteiger partial charge is 0.395 e. The van der Waals surface area contributed by atoms with Crippen LogP contribution in [0.4, 0.5) is 5.82 Å². The highest BCUT2D eigenvalue weighted by molar-refractivity contribution is 6.32. The quantitative estimate of drug-likeness (QED) is 0.751. The molecule has 0 fully saturated rings. The third kappa shape index (κ3) is 2.36. The minimum absolute atomic E-state index is 0.0753. The highest BCUT2D eigenvalue weighted by Crippen LogP contribution is 2.18. The van der Waals surface area contributed by atoms with E-state index < -0.39 is 0 Å². The lowest BCUT2D eigenvalue weighted by Crippen LogP contribution is -2.07. The molecule has 0 aliphatic heterocycles. The molecule has 4 heteroatoms. The number of aliphatic hydroxyl groups excluding tert-OH is 1. The van der Waals surface area contributed by atoms with E-state index in [0.29, 0.717) is 17.4 Å². The molecule has 1 aromatic rings. The number of nitrogens with zero attached hydrogens (tertiary/aromatic N) is 1. The van der Waals surface area contributed by atoms with Crippen LogP contribution in [0.1, 0.15) is 5.69 Å². The van der Waals surface area contributed by atoms with Gasteiger partial charge in [0.05, 0.1) is 11.6 Å². The molecule has 1 aromatic heterocycles. The third-order valence-electron chi connectivity index (χ3n) is 1.39. The van der Waals surface area contributed by atoms with Crippen LogP contribution in [0.25, 0.3) is 0 Å². The minimum atomic E-state index is 0.0753. The second-order valence-corrected chi connectivity index (χ2v) is 2.84. The lowest BCUT2D eigenvalue weighted by atomic mass is 10.4. The number of rotatable bonds is 3. The van der Waals surface area contributed by atoms with Crippen molar-refractivity contribution >= 4 is 17.4 Å². The number of pyridine rings is 1. The molecule has 0 bridgehead atoms. The average Bonchev–Trinajstić information content (AvgIpc) is 2.07. The van der Waals surface area contributed by atoms with E-state index in [1.165, 1.54) is 0 Å². The van der Waals surface area contributed by atoms with Gasteiger partial charge in [-0.25, -0.2) is 4.98 Å². The Morgan fingerprint density at radius 1 is 1.58 bits per heavy atom. The Kier molecular flexibility index (Phi) is 3.31. The summed E-state index contributed by atoms with van der Waals surface area (Å²) in [4.78, 5) is 4.16. The maximum absolute atomic E-state index is 8.55. The molecule has 0 aromatic carbocycles. The third-order valence-corrected chi connectivity index (χ3v) is 1.69. The molecule has 0 saturated carbocycles. The molecule has 1 rings (SSSR count). The van der Waals surface area contributed by atoms with Gasteiger partial charge < -0.3 is 10.4 Å². The van der Waals surface area contributed by atoms with Crippen molar-refractivity contribution in [1.82, 2.24) is 4.98 Å². The van der Waals surface area contributed by atoms with E-state index in [1.54, 1.807) is 6.07 Å². The number of hydrogen-bond donors (Lipinski definition) is 2. The van der Waals surface area contributed by atoms with Crippen LogP contribution in [0.3, 0.4) is 0 Å². The van der Waals surface area contributed by atoms with Crippen molar-refractivity contribution in [3.8, 4) is 0 Å². The summed E-state index contributed by atoms with van der Waals surface area (Å²) in [6, 6.07) is 3.62. The van der Waals surface area contributed by atoms with Crippen LogP contribution < -0.4 is 5.32 Å². The molecule has 0 saturated heterocycles. The molecule has 12 heavy (non-hydrogen) atoms. The minimum Gasteiger partial charge on any atom is -0.395 e. The van der Waals surface area contributed by atoms with Crippen LogP contribution in [0.15, 0.2) is 12.1 Å². The monoisotopic (exact) mass is 186 g/mol. The van der Waals surface area contributed by atoms with E-state index in [4.69, 9.17) is 16.7 Å². The van der Waals surface area contributed by atoms with E-state index in [9.17, 15) is 0 Å². The molecule has 0 amide bonds. The first kappa shape index (κ1) is 9.29. The molecule has 3 nitrogen and oxygen atoms in total. The van der Waals surface area contributed by atoms with Crippen LogP contribution >= 0.6 is 11.6 Å². The highest BCUT2D eigenvalue weighted by atomic mass is 35.5. The molecule has 1 heterocycles. The van der Waals surface area contributed by atoms with Gasteiger partial charge >= 0.3 is 0 Å². The van der Waals surface area contributed by atoms with Gasteiger partial charge in [0, 0.05) is 12.2 Å². The fraction of sp³-hybridized carbons (Fsp3) is 0.375. The van der Waals surface area contributed by atoms with Crippen molar-refractivity contribution in [3.05, 3.63) is 22.8 Å². The molecular weight excluding hydrogens is 176 g/mol. The summed E-state index contributed by atoms with van der Waals surface area (Å²) in [6.45, 7) is 2.43. The highest BCUT2D eigenvalue weighted by Gasteiger charge is 1.99. The maximum Gasteiger partial charge on any atom is 0.145 e. The first-order valence-corrected chi connectivity index (χ1v) is 4.09. The topological polar surface area (TPSA) is 45.1 Å². The molecule has 66 valence electrons. The van der Waals surface area contributed by atoms with Crippen LogP contribution in [0.5, 0.6) is 0 Å². The number of nitrogens with one attached hydrogen (secondary N) is 1. The van der Waals surface area contributed by atoms with Gasteiger partial charge in [-0.15, -0.1) is 0 Å². The molecule has 0 aliphatic rings. The fourth-order valence-electron chi connectivity index (χ4n) is 0.838. The molecular formula is C8H11ClN2O. The Bertz CT molecular complexity index is 265. The summed E-state index contributed by atoms with van der Waals surface area (Å²) < 4.78 is 0. The van der Waals surface area contributed by atoms with Gasteiger partial charge in [-0.2, -0.15) is 0 Å². The number of anilines is 1. The fourth-order valence-corrected chi connectivity index (χ4v) is 1.01. The number of halogens is 1. The predicted molar refractivity (Wildman–Crippen MR) is 49.6 cm³/mol. The zero-order chi connectivity index (χ0) is 8.97. The van der Waals surface area contributed by atoms with Crippen molar-refractivity contribution in [2.45, 2.75) is 6.92 Å². The lowest BCUT2D eigenvalue weighted by molar-refractivity contribution is 0.311. The van der Waals surface area contributed by atoms with Crippen molar-refractivity contribution < 1.29 is 5.11 Å². The van der Waals surface area contributed by atoms with Crippen LogP contribution in [0.2, 0.25) is 5.02 Å². The molecule has 0 unspecified atom stereocenters. The van der Waals surface area contributed by atoms with Gasteiger partial charge in [-0.05, 0) is 19.1 Å². The molecule has 0 radical (unpaired) electrons. The van der Waals surface area contributed by atoms with Gasteiger partial charge in [0.15, 0.2) is 0 Å². The Morgan fingerprint density at radius 2 is 2.33 bits per heavy atom. The molecule has 0 aliphatic carbocycles. The zero-order valence-corrected chi connectivity index (χ0v) is 7.60. The number of hydrogen-bond acceptors (Lipinski definition) is 3. The van der Waals surface area contributed by atoms with E-state index in [-0.39, 0.29) is 6.61 Å². The Morgan fingerprint density at radius 3 is 3.00 bits per heavy atom. The van der Waals surface area contributed by atoms with Gasteiger partial charge in [-0.3, -0.25) is 0 Å². The van der Waals surface area contributed by atoms with E-state index in [0.717, 1.165) is 5.69 Å².